The zero-order chi connectivity index (χ0) is 20.4. The standard InChI is InChI=1S/C22H19N3O3S/c1-27-19-10-8-16(12-20(19)28-2)29-15-6-3-13(4-7-15)22-24-17-9-5-14(21(23)26)11-18(17)25-22/h3-12H,1-2H3,(H2,23,26)(H,24,25). The monoisotopic (exact) mass is 405 g/mol. The largest absolute Gasteiger partial charge is 0.493 e. The van der Waals surface area contributed by atoms with Gasteiger partial charge in [-0.15, -0.1) is 0 Å². The van der Waals surface area contributed by atoms with Crippen molar-refractivity contribution in [3.63, 3.8) is 0 Å². The highest BCUT2D eigenvalue weighted by atomic mass is 32.2. The average molecular weight is 405 g/mol. The van der Waals surface area contributed by atoms with E-state index in [1.165, 1.54) is 0 Å². The highest BCUT2D eigenvalue weighted by Gasteiger charge is 2.09. The van der Waals surface area contributed by atoms with Gasteiger partial charge in [0.05, 0.1) is 25.3 Å². The molecule has 0 saturated heterocycles. The Morgan fingerprint density at radius 2 is 1.66 bits per heavy atom. The third-order valence-electron chi connectivity index (χ3n) is 4.48. The van der Waals surface area contributed by atoms with Crippen molar-refractivity contribution >= 4 is 28.7 Å². The third-order valence-corrected chi connectivity index (χ3v) is 5.48. The SMILES string of the molecule is COc1ccc(Sc2ccc(-c3nc4ccc(C(N)=O)cc4[nH]3)cc2)cc1OC. The molecule has 0 spiro atoms. The molecule has 0 aliphatic rings. The fourth-order valence-electron chi connectivity index (χ4n) is 3.00. The number of aromatic nitrogens is 2. The van der Waals surface area contributed by atoms with Gasteiger partial charge in [-0.1, -0.05) is 23.9 Å². The number of benzene rings is 3. The van der Waals surface area contributed by atoms with Crippen LogP contribution in [-0.2, 0) is 0 Å². The van der Waals surface area contributed by atoms with Crippen LogP contribution in [0.3, 0.4) is 0 Å². The number of rotatable bonds is 6. The van der Waals surface area contributed by atoms with E-state index in [1.54, 1.807) is 44.2 Å². The molecule has 3 aromatic carbocycles. The number of primary amides is 1. The Hall–Kier alpha value is -3.45. The molecule has 0 bridgehead atoms. The van der Waals surface area contributed by atoms with Gasteiger partial charge in [0.1, 0.15) is 5.82 Å². The minimum Gasteiger partial charge on any atom is -0.493 e. The number of methoxy groups -OCH3 is 2. The van der Waals surface area contributed by atoms with Crippen molar-refractivity contribution < 1.29 is 14.3 Å². The van der Waals surface area contributed by atoms with Crippen LogP contribution >= 0.6 is 11.8 Å². The Balaban J connectivity index is 1.56. The molecule has 1 heterocycles. The summed E-state index contributed by atoms with van der Waals surface area (Å²) in [5.74, 6) is 1.69. The van der Waals surface area contributed by atoms with Crippen LogP contribution in [0, 0.1) is 0 Å². The summed E-state index contributed by atoms with van der Waals surface area (Å²) in [6.07, 6.45) is 0. The van der Waals surface area contributed by atoms with Crippen molar-refractivity contribution in [3.05, 3.63) is 66.2 Å². The number of aromatic amines is 1. The summed E-state index contributed by atoms with van der Waals surface area (Å²) < 4.78 is 10.6. The van der Waals surface area contributed by atoms with Gasteiger partial charge in [0.25, 0.3) is 0 Å². The van der Waals surface area contributed by atoms with Crippen LogP contribution in [0.25, 0.3) is 22.4 Å². The molecule has 146 valence electrons. The first kappa shape index (κ1) is 18.9. The maximum absolute atomic E-state index is 11.4. The smallest absolute Gasteiger partial charge is 0.248 e. The minimum absolute atomic E-state index is 0.453. The van der Waals surface area contributed by atoms with Crippen molar-refractivity contribution in [3.8, 4) is 22.9 Å². The van der Waals surface area contributed by atoms with Crippen LogP contribution < -0.4 is 15.2 Å². The number of nitrogens with zero attached hydrogens (tertiary/aromatic N) is 1. The highest BCUT2D eigenvalue weighted by molar-refractivity contribution is 7.99. The Morgan fingerprint density at radius 1 is 0.931 bits per heavy atom. The van der Waals surface area contributed by atoms with Crippen molar-refractivity contribution in [2.24, 2.45) is 5.73 Å². The van der Waals surface area contributed by atoms with E-state index < -0.39 is 5.91 Å². The second kappa shape index (κ2) is 7.89. The molecule has 4 aromatic rings. The molecule has 0 atom stereocenters. The van der Waals surface area contributed by atoms with Gasteiger partial charge in [-0.2, -0.15) is 0 Å². The normalized spacial score (nSPS) is 10.8. The molecular formula is C22H19N3O3S. The van der Waals surface area contributed by atoms with Gasteiger partial charge in [0, 0.05) is 20.9 Å². The van der Waals surface area contributed by atoms with E-state index in [-0.39, 0.29) is 0 Å². The van der Waals surface area contributed by atoms with Crippen LogP contribution in [0.5, 0.6) is 11.5 Å². The highest BCUT2D eigenvalue weighted by Crippen LogP contribution is 2.35. The number of carbonyl (C=O) groups is 1. The van der Waals surface area contributed by atoms with Gasteiger partial charge in [0.2, 0.25) is 5.91 Å². The lowest BCUT2D eigenvalue weighted by molar-refractivity contribution is 0.100. The molecule has 1 aromatic heterocycles. The first-order chi connectivity index (χ1) is 14.1. The zero-order valence-corrected chi connectivity index (χ0v) is 16.7. The molecule has 4 rings (SSSR count). The Kier molecular flexibility index (Phi) is 5.14. The third kappa shape index (κ3) is 3.90. The lowest BCUT2D eigenvalue weighted by atomic mass is 10.2. The Bertz CT molecular complexity index is 1190. The summed E-state index contributed by atoms with van der Waals surface area (Å²) in [6, 6.07) is 19.1. The average Bonchev–Trinajstić information content (AvgIpc) is 3.17. The van der Waals surface area contributed by atoms with Crippen molar-refractivity contribution in [2.45, 2.75) is 9.79 Å². The van der Waals surface area contributed by atoms with E-state index in [9.17, 15) is 4.79 Å². The van der Waals surface area contributed by atoms with Gasteiger partial charge in [0.15, 0.2) is 11.5 Å². The van der Waals surface area contributed by atoms with Crippen LogP contribution in [-0.4, -0.2) is 30.1 Å². The molecular weight excluding hydrogens is 386 g/mol. The van der Waals surface area contributed by atoms with E-state index in [1.807, 2.05) is 42.5 Å². The maximum Gasteiger partial charge on any atom is 0.248 e. The molecule has 0 fully saturated rings. The lowest BCUT2D eigenvalue weighted by Gasteiger charge is -2.09. The quantitative estimate of drug-likeness (QED) is 0.493. The van der Waals surface area contributed by atoms with Gasteiger partial charge < -0.3 is 20.2 Å². The molecule has 0 aliphatic heterocycles. The van der Waals surface area contributed by atoms with Gasteiger partial charge in [-0.05, 0) is 48.5 Å². The van der Waals surface area contributed by atoms with E-state index in [0.717, 1.165) is 32.2 Å². The van der Waals surface area contributed by atoms with E-state index >= 15 is 0 Å². The van der Waals surface area contributed by atoms with Crippen molar-refractivity contribution in [1.29, 1.82) is 0 Å². The summed E-state index contributed by atoms with van der Waals surface area (Å²) in [4.78, 5) is 21.3. The number of hydrogen-bond donors (Lipinski definition) is 2. The summed E-state index contributed by atoms with van der Waals surface area (Å²) >= 11 is 1.63. The van der Waals surface area contributed by atoms with Crippen LogP contribution in [0.2, 0.25) is 0 Å². The first-order valence-electron chi connectivity index (χ1n) is 8.87. The molecule has 0 saturated carbocycles. The number of amides is 1. The fraction of sp³-hybridized carbons (Fsp3) is 0.0909. The molecule has 0 radical (unpaired) electrons. The van der Waals surface area contributed by atoms with Gasteiger partial charge in [-0.25, -0.2) is 4.98 Å². The second-order valence-corrected chi connectivity index (χ2v) is 7.47. The molecule has 1 amide bonds. The topological polar surface area (TPSA) is 90.2 Å². The number of ether oxygens (including phenoxy) is 2. The van der Waals surface area contributed by atoms with Crippen LogP contribution in [0.1, 0.15) is 10.4 Å². The Labute approximate surface area is 172 Å². The Morgan fingerprint density at radius 3 is 2.34 bits per heavy atom. The van der Waals surface area contributed by atoms with E-state index in [0.29, 0.717) is 17.1 Å². The number of imidazole rings is 1. The number of fused-ring (bicyclic) bond motifs is 1. The van der Waals surface area contributed by atoms with Gasteiger partial charge in [-0.3, -0.25) is 4.79 Å². The predicted molar refractivity (Wildman–Crippen MR) is 114 cm³/mol. The number of nitrogens with two attached hydrogens (primary N) is 1. The molecule has 0 unspecified atom stereocenters. The fourth-order valence-corrected chi connectivity index (χ4v) is 3.84. The maximum atomic E-state index is 11.4. The summed E-state index contributed by atoms with van der Waals surface area (Å²) in [5.41, 5.74) is 8.32. The molecule has 7 heteroatoms. The van der Waals surface area contributed by atoms with Crippen molar-refractivity contribution in [2.75, 3.05) is 14.2 Å². The minimum atomic E-state index is -0.459. The van der Waals surface area contributed by atoms with E-state index in [2.05, 4.69) is 9.97 Å². The molecule has 6 nitrogen and oxygen atoms in total. The first-order valence-corrected chi connectivity index (χ1v) is 9.69. The number of hydrogen-bond acceptors (Lipinski definition) is 5. The second-order valence-electron chi connectivity index (χ2n) is 6.32. The molecule has 29 heavy (non-hydrogen) atoms. The van der Waals surface area contributed by atoms with Crippen molar-refractivity contribution in [1.82, 2.24) is 9.97 Å². The number of H-pyrrole nitrogens is 1. The zero-order valence-electron chi connectivity index (χ0n) is 15.9. The summed E-state index contributed by atoms with van der Waals surface area (Å²) in [7, 11) is 3.25. The van der Waals surface area contributed by atoms with Crippen LogP contribution in [0.4, 0.5) is 0 Å². The van der Waals surface area contributed by atoms with Crippen LogP contribution in [0.15, 0.2) is 70.5 Å². The summed E-state index contributed by atoms with van der Waals surface area (Å²) in [5, 5.41) is 0. The summed E-state index contributed by atoms with van der Waals surface area (Å²) in [6.45, 7) is 0. The lowest BCUT2D eigenvalue weighted by Crippen LogP contribution is -2.10. The van der Waals surface area contributed by atoms with E-state index in [4.69, 9.17) is 15.2 Å². The number of nitrogens with one attached hydrogen (secondary N) is 1. The van der Waals surface area contributed by atoms with Gasteiger partial charge >= 0.3 is 0 Å². The molecule has 0 aliphatic carbocycles. The predicted octanol–water partition coefficient (Wildman–Crippen LogP) is 4.50. The number of carbonyl (C=O) groups excluding carboxylic acids is 1. The molecule has 3 N–H and O–H groups in total.